The molecular weight excluding hydrogens is 578 g/mol. The zero-order valence-electron chi connectivity index (χ0n) is 26.8. The van der Waals surface area contributed by atoms with Crippen molar-refractivity contribution in [2.75, 3.05) is 56.0 Å². The smallest absolute Gasteiger partial charge is 0.278 e. The summed E-state index contributed by atoms with van der Waals surface area (Å²) in [4.78, 5) is 32.8. The Morgan fingerprint density at radius 1 is 1.09 bits per heavy atom. The predicted octanol–water partition coefficient (Wildman–Crippen LogP) is 3.96. The van der Waals surface area contributed by atoms with Crippen molar-refractivity contribution in [1.29, 1.82) is 0 Å². The van der Waals surface area contributed by atoms with Crippen molar-refractivity contribution in [3.05, 3.63) is 76.9 Å². The zero-order chi connectivity index (χ0) is 31.7. The normalized spacial score (nSPS) is 21.0. The van der Waals surface area contributed by atoms with Gasteiger partial charge in [0.1, 0.15) is 11.0 Å². The van der Waals surface area contributed by atoms with Crippen LogP contribution in [-0.4, -0.2) is 80.1 Å². The van der Waals surface area contributed by atoms with Crippen LogP contribution in [0.3, 0.4) is 0 Å². The molecule has 3 N–H and O–H groups in total. The number of hydrogen-bond acceptors (Lipinski definition) is 9. The van der Waals surface area contributed by atoms with Gasteiger partial charge in [-0.05, 0) is 93.4 Å². The van der Waals surface area contributed by atoms with Crippen molar-refractivity contribution in [3.63, 3.8) is 0 Å². The van der Waals surface area contributed by atoms with Crippen molar-refractivity contribution in [1.82, 2.24) is 34.5 Å². The molecule has 11 nitrogen and oxygen atoms in total. The number of aromatic nitrogens is 5. The molecule has 0 spiro atoms. The highest BCUT2D eigenvalue weighted by molar-refractivity contribution is 5.77. The first-order chi connectivity index (χ1) is 22.5. The van der Waals surface area contributed by atoms with Crippen LogP contribution in [0.1, 0.15) is 50.3 Å². The first-order valence-corrected chi connectivity index (χ1v) is 16.8. The fourth-order valence-corrected chi connectivity index (χ4v) is 7.35. The number of anilines is 3. The summed E-state index contributed by atoms with van der Waals surface area (Å²) in [5.41, 5.74) is 3.07. The lowest BCUT2D eigenvalue weighted by Gasteiger charge is -2.38. The molecule has 0 saturated carbocycles. The molecule has 242 valence electrons. The van der Waals surface area contributed by atoms with Gasteiger partial charge in [0.05, 0.1) is 12.2 Å². The third-order valence-electron chi connectivity index (χ3n) is 10.1. The maximum Gasteiger partial charge on any atom is 0.278 e. The zero-order valence-corrected chi connectivity index (χ0v) is 26.8. The van der Waals surface area contributed by atoms with Gasteiger partial charge in [0.25, 0.3) is 5.56 Å². The SMILES string of the molecule is C=CCn1c(=O)c2cnc(Nc3ccc(N4CCN(CC5CCNCC5)CC4)cc3)nc2n1-c1ccc2c(n1)[C@](O)(CC)CCC2. The maximum absolute atomic E-state index is 13.5. The molecule has 11 heteroatoms. The standard InChI is InChI=1S/C35H45N9O2/c1-3-18-43-33(45)29-23-37-34(40-32(29)44(43)30-12-7-26-6-5-15-35(46,4-2)31(26)39-30)38-27-8-10-28(11-9-27)42-21-19-41(20-22-42)24-25-13-16-36-17-14-25/h3,7-12,23,25,36,46H,1,4-6,13-22,24H2,2H3,(H,37,38,40)/t35-/m0/s1. The number of piperidine rings is 1. The van der Waals surface area contributed by atoms with Crippen molar-refractivity contribution < 1.29 is 5.11 Å². The van der Waals surface area contributed by atoms with E-state index in [2.05, 4.69) is 56.3 Å². The third kappa shape index (κ3) is 5.94. The molecule has 1 aromatic carbocycles. The summed E-state index contributed by atoms with van der Waals surface area (Å²) in [5.74, 6) is 1.75. The number of nitrogens with zero attached hydrogens (tertiary/aromatic N) is 7. The molecule has 1 aliphatic carbocycles. The predicted molar refractivity (Wildman–Crippen MR) is 182 cm³/mol. The van der Waals surface area contributed by atoms with E-state index in [4.69, 9.17) is 9.97 Å². The van der Waals surface area contributed by atoms with E-state index in [-0.39, 0.29) is 12.1 Å². The number of benzene rings is 1. The van der Waals surface area contributed by atoms with Crippen LogP contribution in [0.5, 0.6) is 0 Å². The van der Waals surface area contributed by atoms with E-state index in [0.29, 0.717) is 41.3 Å². The summed E-state index contributed by atoms with van der Waals surface area (Å²) in [7, 11) is 0. The Morgan fingerprint density at radius 2 is 1.87 bits per heavy atom. The topological polar surface area (TPSA) is 116 Å². The van der Waals surface area contributed by atoms with Crippen LogP contribution >= 0.6 is 0 Å². The number of aryl methyl sites for hydroxylation is 1. The number of allylic oxidation sites excluding steroid dienone is 1. The summed E-state index contributed by atoms with van der Waals surface area (Å²) in [6, 6.07) is 12.3. The van der Waals surface area contributed by atoms with Crippen LogP contribution in [0.25, 0.3) is 16.9 Å². The molecule has 5 heterocycles. The second-order valence-electron chi connectivity index (χ2n) is 13.0. The van der Waals surface area contributed by atoms with E-state index < -0.39 is 5.60 Å². The number of fused-ring (bicyclic) bond motifs is 2. The van der Waals surface area contributed by atoms with Gasteiger partial charge in [-0.2, -0.15) is 4.98 Å². The van der Waals surface area contributed by atoms with E-state index in [1.54, 1.807) is 21.6 Å². The van der Waals surface area contributed by atoms with Gasteiger partial charge in [0.15, 0.2) is 11.5 Å². The van der Waals surface area contributed by atoms with Gasteiger partial charge in [-0.15, -0.1) is 6.58 Å². The summed E-state index contributed by atoms with van der Waals surface area (Å²) in [5, 5.41) is 18.6. The minimum Gasteiger partial charge on any atom is -0.384 e. The van der Waals surface area contributed by atoms with Gasteiger partial charge in [0.2, 0.25) is 5.95 Å². The molecular formula is C35H45N9O2. The molecule has 0 bridgehead atoms. The molecule has 3 aromatic heterocycles. The van der Waals surface area contributed by atoms with Crippen molar-refractivity contribution in [2.45, 2.75) is 57.6 Å². The lowest BCUT2D eigenvalue weighted by atomic mass is 9.81. The van der Waals surface area contributed by atoms with E-state index in [9.17, 15) is 9.90 Å². The average Bonchev–Trinajstić information content (AvgIpc) is 3.36. The van der Waals surface area contributed by atoms with Crippen LogP contribution in [0.2, 0.25) is 0 Å². The monoisotopic (exact) mass is 623 g/mol. The fraction of sp³-hybridized carbons (Fsp3) is 0.486. The highest BCUT2D eigenvalue weighted by atomic mass is 16.3. The first kappa shape index (κ1) is 30.6. The summed E-state index contributed by atoms with van der Waals surface area (Å²) < 4.78 is 3.30. The second kappa shape index (κ2) is 13.0. The molecule has 0 radical (unpaired) electrons. The Hall–Kier alpha value is -4.06. The Labute approximate surface area is 270 Å². The molecule has 2 aliphatic heterocycles. The first-order valence-electron chi connectivity index (χ1n) is 16.8. The van der Waals surface area contributed by atoms with Crippen molar-refractivity contribution in [3.8, 4) is 5.82 Å². The Balaban J connectivity index is 1.11. The lowest BCUT2D eigenvalue weighted by Crippen LogP contribution is -2.48. The number of rotatable bonds is 9. The minimum atomic E-state index is -0.982. The summed E-state index contributed by atoms with van der Waals surface area (Å²) in [6.45, 7) is 13.9. The van der Waals surface area contributed by atoms with Crippen LogP contribution in [0.15, 0.2) is 60.0 Å². The number of piperazine rings is 1. The molecule has 2 fully saturated rings. The third-order valence-corrected chi connectivity index (χ3v) is 10.1. The molecule has 46 heavy (non-hydrogen) atoms. The Morgan fingerprint density at radius 3 is 2.61 bits per heavy atom. The molecule has 2 saturated heterocycles. The van der Waals surface area contributed by atoms with Gasteiger partial charge in [-0.1, -0.05) is 19.1 Å². The van der Waals surface area contributed by atoms with E-state index >= 15 is 0 Å². The molecule has 0 amide bonds. The van der Waals surface area contributed by atoms with Gasteiger partial charge in [0, 0.05) is 50.3 Å². The molecule has 7 rings (SSSR count). The average molecular weight is 624 g/mol. The molecule has 1 atom stereocenters. The van der Waals surface area contributed by atoms with E-state index in [1.807, 2.05) is 19.1 Å². The van der Waals surface area contributed by atoms with E-state index in [0.717, 1.165) is 69.3 Å². The lowest BCUT2D eigenvalue weighted by molar-refractivity contribution is 0.0103. The number of pyridine rings is 1. The maximum atomic E-state index is 13.5. The summed E-state index contributed by atoms with van der Waals surface area (Å²) in [6.07, 6.45) is 8.87. The van der Waals surface area contributed by atoms with Gasteiger partial charge < -0.3 is 20.6 Å². The van der Waals surface area contributed by atoms with Gasteiger partial charge >= 0.3 is 0 Å². The van der Waals surface area contributed by atoms with Crippen LogP contribution in [0.4, 0.5) is 17.3 Å². The minimum absolute atomic E-state index is 0.216. The second-order valence-corrected chi connectivity index (χ2v) is 13.0. The highest BCUT2D eigenvalue weighted by Gasteiger charge is 2.35. The quantitative estimate of drug-likeness (QED) is 0.238. The molecule has 3 aliphatic rings. The van der Waals surface area contributed by atoms with Crippen LogP contribution in [0, 0.1) is 5.92 Å². The largest absolute Gasteiger partial charge is 0.384 e. The number of nitrogens with one attached hydrogen (secondary N) is 2. The Bertz CT molecular complexity index is 1750. The summed E-state index contributed by atoms with van der Waals surface area (Å²) >= 11 is 0. The number of aliphatic hydroxyl groups is 1. The Kier molecular flexibility index (Phi) is 8.63. The van der Waals surface area contributed by atoms with Gasteiger partial charge in [-0.3, -0.25) is 9.69 Å². The number of hydrogen-bond donors (Lipinski definition) is 3. The van der Waals surface area contributed by atoms with E-state index in [1.165, 1.54) is 25.1 Å². The molecule has 4 aromatic rings. The fourth-order valence-electron chi connectivity index (χ4n) is 7.35. The van der Waals surface area contributed by atoms with Crippen molar-refractivity contribution >= 4 is 28.4 Å². The van der Waals surface area contributed by atoms with Crippen LogP contribution in [-0.2, 0) is 18.6 Å². The van der Waals surface area contributed by atoms with Crippen LogP contribution < -0.4 is 21.1 Å². The highest BCUT2D eigenvalue weighted by Crippen LogP contribution is 2.37. The van der Waals surface area contributed by atoms with Crippen molar-refractivity contribution in [2.24, 2.45) is 5.92 Å². The molecule has 0 unspecified atom stereocenters. The van der Waals surface area contributed by atoms with Gasteiger partial charge in [-0.25, -0.2) is 19.3 Å².